The van der Waals surface area contributed by atoms with E-state index < -0.39 is 9.84 Å². The van der Waals surface area contributed by atoms with Crippen molar-refractivity contribution in [2.24, 2.45) is 17.8 Å². The molecule has 2 saturated heterocycles. The Morgan fingerprint density at radius 2 is 1.68 bits per heavy atom. The van der Waals surface area contributed by atoms with Gasteiger partial charge < -0.3 is 15.0 Å². The lowest BCUT2D eigenvalue weighted by atomic mass is 10.00. The predicted molar refractivity (Wildman–Crippen MR) is 120 cm³/mol. The second kappa shape index (κ2) is 9.32. The van der Waals surface area contributed by atoms with Crippen LogP contribution in [0.15, 0.2) is 17.2 Å². The molecule has 0 radical (unpaired) electrons. The monoisotopic (exact) mass is 448 g/mol. The van der Waals surface area contributed by atoms with E-state index in [0.717, 1.165) is 63.1 Å². The third-order valence-electron chi connectivity index (χ3n) is 7.96. The number of nitrogens with zero attached hydrogens (tertiary/aromatic N) is 3. The first kappa shape index (κ1) is 21.6. The summed E-state index contributed by atoms with van der Waals surface area (Å²) in [6.07, 6.45) is 9.37. The molecule has 2 aliphatic carbocycles. The highest BCUT2D eigenvalue weighted by atomic mass is 32.2. The minimum atomic E-state index is -3.35. The maximum absolute atomic E-state index is 12.8. The molecule has 2 aliphatic heterocycles. The van der Waals surface area contributed by atoms with Gasteiger partial charge in [-0.2, -0.15) is 0 Å². The number of likely N-dealkylation sites (tertiary alicyclic amines) is 1. The predicted octanol–water partition coefficient (Wildman–Crippen LogP) is 3.13. The third-order valence-corrected chi connectivity index (χ3v) is 10.1. The van der Waals surface area contributed by atoms with Crippen LogP contribution in [0.3, 0.4) is 0 Å². The van der Waals surface area contributed by atoms with E-state index in [1.807, 2.05) is 0 Å². The van der Waals surface area contributed by atoms with Gasteiger partial charge in [-0.15, -0.1) is 10.2 Å². The highest BCUT2D eigenvalue weighted by Gasteiger charge is 2.41. The Balaban J connectivity index is 1.12. The number of ether oxygens (including phenoxy) is 1. The van der Waals surface area contributed by atoms with Crippen LogP contribution in [-0.2, 0) is 14.6 Å². The van der Waals surface area contributed by atoms with Crippen molar-refractivity contribution in [2.75, 3.05) is 38.2 Å². The molecule has 3 atom stereocenters. The van der Waals surface area contributed by atoms with Crippen molar-refractivity contribution >= 4 is 15.7 Å². The SMILES string of the molecule is O=S(=O)(c1ccc(NC2C[C@@H]3CN(CC4CCOCC4)C[C@@H]3C2)nn1)C1CCCCC1. The number of rotatable bonds is 6. The summed E-state index contributed by atoms with van der Waals surface area (Å²) < 4.78 is 31.1. The van der Waals surface area contributed by atoms with Gasteiger partial charge in [-0.25, -0.2) is 8.42 Å². The molecule has 7 nitrogen and oxygen atoms in total. The summed E-state index contributed by atoms with van der Waals surface area (Å²) in [4.78, 5) is 2.67. The second-order valence-electron chi connectivity index (χ2n) is 10.2. The van der Waals surface area contributed by atoms with Gasteiger partial charge in [0.05, 0.1) is 5.25 Å². The normalized spacial score (nSPS) is 31.0. The number of hydrogen-bond donors (Lipinski definition) is 1. The van der Waals surface area contributed by atoms with Crippen LogP contribution in [0, 0.1) is 17.8 Å². The Bertz CT molecular complexity index is 821. The minimum absolute atomic E-state index is 0.136. The van der Waals surface area contributed by atoms with Gasteiger partial charge in [0, 0.05) is 38.9 Å². The molecule has 5 rings (SSSR count). The summed E-state index contributed by atoms with van der Waals surface area (Å²) in [6.45, 7) is 5.52. The van der Waals surface area contributed by atoms with Crippen molar-refractivity contribution in [3.63, 3.8) is 0 Å². The Morgan fingerprint density at radius 3 is 2.32 bits per heavy atom. The zero-order valence-corrected chi connectivity index (χ0v) is 19.2. The number of aromatic nitrogens is 2. The van der Waals surface area contributed by atoms with E-state index in [9.17, 15) is 8.42 Å². The fraction of sp³-hybridized carbons (Fsp3) is 0.826. The molecule has 1 N–H and O–H groups in total. The number of sulfone groups is 1. The van der Waals surface area contributed by atoms with Crippen molar-refractivity contribution in [1.29, 1.82) is 0 Å². The first-order chi connectivity index (χ1) is 15.1. The molecule has 0 bridgehead atoms. The van der Waals surface area contributed by atoms with Crippen LogP contribution in [-0.4, -0.2) is 67.7 Å². The zero-order chi connectivity index (χ0) is 21.3. The lowest BCUT2D eigenvalue weighted by molar-refractivity contribution is 0.0545. The minimum Gasteiger partial charge on any atom is -0.381 e. The number of hydrogen-bond acceptors (Lipinski definition) is 7. The Kier molecular flexibility index (Phi) is 6.49. The fourth-order valence-corrected chi connectivity index (χ4v) is 7.97. The molecule has 0 aromatic carbocycles. The van der Waals surface area contributed by atoms with Gasteiger partial charge in [0.2, 0.25) is 0 Å². The summed E-state index contributed by atoms with van der Waals surface area (Å²) in [7, 11) is -3.35. The smallest absolute Gasteiger partial charge is 0.200 e. The highest BCUT2D eigenvalue weighted by Crippen LogP contribution is 2.39. The molecule has 2 saturated carbocycles. The zero-order valence-electron chi connectivity index (χ0n) is 18.4. The number of fused-ring (bicyclic) bond motifs is 1. The highest BCUT2D eigenvalue weighted by molar-refractivity contribution is 7.92. The lowest BCUT2D eigenvalue weighted by Gasteiger charge is -2.27. The lowest BCUT2D eigenvalue weighted by Crippen LogP contribution is -2.32. The van der Waals surface area contributed by atoms with Gasteiger partial charge >= 0.3 is 0 Å². The van der Waals surface area contributed by atoms with Gasteiger partial charge in [0.1, 0.15) is 5.82 Å². The standard InChI is InChI=1S/C23H36N4O3S/c28-31(29,21-4-2-1-3-5-21)23-7-6-22(25-26-23)24-20-12-18-15-27(16-19(18)13-20)14-17-8-10-30-11-9-17/h6-7,17-21H,1-5,8-16H2,(H,24,25)/t18-,19+,20?. The average molecular weight is 449 g/mol. The molecule has 4 fully saturated rings. The van der Waals surface area contributed by atoms with Gasteiger partial charge in [0.15, 0.2) is 14.9 Å². The second-order valence-corrected chi connectivity index (χ2v) is 12.3. The van der Waals surface area contributed by atoms with E-state index >= 15 is 0 Å². The van der Waals surface area contributed by atoms with E-state index in [1.54, 1.807) is 12.1 Å². The molecular weight excluding hydrogens is 412 g/mol. The first-order valence-corrected chi connectivity index (χ1v) is 13.8. The quantitative estimate of drug-likeness (QED) is 0.716. The molecular formula is C23H36N4O3S. The van der Waals surface area contributed by atoms with Crippen molar-refractivity contribution in [2.45, 2.75) is 74.1 Å². The van der Waals surface area contributed by atoms with Crippen LogP contribution in [0.2, 0.25) is 0 Å². The molecule has 31 heavy (non-hydrogen) atoms. The molecule has 3 heterocycles. The van der Waals surface area contributed by atoms with Gasteiger partial charge in [-0.05, 0) is 68.4 Å². The van der Waals surface area contributed by atoms with Crippen molar-refractivity contribution < 1.29 is 13.2 Å². The van der Waals surface area contributed by atoms with Gasteiger partial charge in [-0.3, -0.25) is 0 Å². The largest absolute Gasteiger partial charge is 0.381 e. The average Bonchev–Trinajstić information content (AvgIpc) is 3.33. The molecule has 0 amide bonds. The number of nitrogens with one attached hydrogen (secondary N) is 1. The van der Waals surface area contributed by atoms with Crippen LogP contribution < -0.4 is 5.32 Å². The molecule has 1 unspecified atom stereocenters. The van der Waals surface area contributed by atoms with Crippen molar-refractivity contribution in [3.8, 4) is 0 Å². The van der Waals surface area contributed by atoms with Crippen LogP contribution in [0.1, 0.15) is 57.8 Å². The Morgan fingerprint density at radius 1 is 0.968 bits per heavy atom. The van der Waals surface area contributed by atoms with E-state index in [2.05, 4.69) is 20.4 Å². The summed E-state index contributed by atoms with van der Waals surface area (Å²) in [5, 5.41) is 11.7. The van der Waals surface area contributed by atoms with Crippen molar-refractivity contribution in [1.82, 2.24) is 15.1 Å². The van der Waals surface area contributed by atoms with E-state index in [1.165, 1.54) is 45.3 Å². The summed E-state index contributed by atoms with van der Waals surface area (Å²) in [5.41, 5.74) is 0. The van der Waals surface area contributed by atoms with Crippen LogP contribution in [0.25, 0.3) is 0 Å². The Hall–Kier alpha value is -1.25. The van der Waals surface area contributed by atoms with Crippen molar-refractivity contribution in [3.05, 3.63) is 12.1 Å². The third kappa shape index (κ3) is 4.91. The molecule has 4 aliphatic rings. The maximum atomic E-state index is 12.8. The fourth-order valence-electron chi connectivity index (χ4n) is 6.26. The molecule has 1 aromatic heterocycles. The molecule has 8 heteroatoms. The number of anilines is 1. The molecule has 1 aromatic rings. The molecule has 0 spiro atoms. The van der Waals surface area contributed by atoms with Crippen LogP contribution >= 0.6 is 0 Å². The topological polar surface area (TPSA) is 84.4 Å². The maximum Gasteiger partial charge on any atom is 0.200 e. The van der Waals surface area contributed by atoms with E-state index in [-0.39, 0.29) is 10.3 Å². The van der Waals surface area contributed by atoms with Gasteiger partial charge in [-0.1, -0.05) is 19.3 Å². The van der Waals surface area contributed by atoms with Crippen LogP contribution in [0.5, 0.6) is 0 Å². The summed E-state index contributed by atoms with van der Waals surface area (Å²) in [5.74, 6) is 3.03. The molecule has 172 valence electrons. The summed E-state index contributed by atoms with van der Waals surface area (Å²) in [6, 6.07) is 3.86. The Labute approximate surface area is 186 Å². The summed E-state index contributed by atoms with van der Waals surface area (Å²) >= 11 is 0. The first-order valence-electron chi connectivity index (χ1n) is 12.2. The van der Waals surface area contributed by atoms with E-state index in [0.29, 0.717) is 11.9 Å². The van der Waals surface area contributed by atoms with Gasteiger partial charge in [0.25, 0.3) is 0 Å². The van der Waals surface area contributed by atoms with E-state index in [4.69, 9.17) is 4.74 Å². The van der Waals surface area contributed by atoms with Crippen LogP contribution in [0.4, 0.5) is 5.82 Å².